The Balaban J connectivity index is 5.25. The van der Waals surface area contributed by atoms with Crippen molar-refractivity contribution in [2.75, 3.05) is 99.2 Å². The third kappa shape index (κ3) is 40.9. The molecule has 0 aliphatic heterocycles. The highest BCUT2D eigenvalue weighted by molar-refractivity contribution is 5.79. The molecule has 67 heavy (non-hydrogen) atoms. The van der Waals surface area contributed by atoms with Gasteiger partial charge in [0, 0.05) is 65.7 Å². The minimum Gasteiger partial charge on any atom is -0.480 e. The molecule has 18 heteroatoms. The highest BCUT2D eigenvalue weighted by Gasteiger charge is 2.23. The molecule has 0 aromatic carbocycles. The van der Waals surface area contributed by atoms with E-state index in [1.807, 2.05) is 4.90 Å². The lowest BCUT2D eigenvalue weighted by Gasteiger charge is -2.29. The van der Waals surface area contributed by atoms with Gasteiger partial charge in [-0.1, -0.05) is 142 Å². The van der Waals surface area contributed by atoms with Gasteiger partial charge < -0.3 is 39.7 Å². The summed E-state index contributed by atoms with van der Waals surface area (Å²) in [5.74, 6) is -5.94. The molecule has 0 aliphatic rings. The highest BCUT2D eigenvalue weighted by atomic mass is 16.6. The topological polar surface area (TPSA) is 235 Å². The van der Waals surface area contributed by atoms with E-state index in [9.17, 15) is 43.8 Å². The van der Waals surface area contributed by atoms with Crippen LogP contribution >= 0.6 is 0 Å². The Hall–Kier alpha value is -3.87. The molecule has 0 saturated carbocycles. The molecule has 0 aromatic rings. The molecule has 0 spiro atoms. The van der Waals surface area contributed by atoms with Crippen LogP contribution in [-0.4, -0.2) is 192 Å². The van der Waals surface area contributed by atoms with E-state index >= 15 is 0 Å². The van der Waals surface area contributed by atoms with E-state index in [-0.39, 0.29) is 76.7 Å². The fourth-order valence-corrected chi connectivity index (χ4v) is 7.72. The molecule has 0 rings (SSSR count). The Kier molecular flexibility index (Phi) is 39.8. The van der Waals surface area contributed by atoms with Crippen molar-refractivity contribution >= 4 is 41.7 Å². The number of esters is 2. The Labute approximate surface area is 402 Å². The summed E-state index contributed by atoms with van der Waals surface area (Å²) in [5.41, 5.74) is 0. The van der Waals surface area contributed by atoms with Crippen LogP contribution in [0.3, 0.4) is 0 Å². The largest absolute Gasteiger partial charge is 0.480 e. The molecule has 1 amide bonds. The van der Waals surface area contributed by atoms with Crippen molar-refractivity contribution in [2.24, 2.45) is 0 Å². The number of amides is 1. The summed E-state index contributed by atoms with van der Waals surface area (Å²) in [6.45, 7) is 2.74. The molecule has 1 unspecified atom stereocenters. The number of ether oxygens (including phenoxy) is 2. The summed E-state index contributed by atoms with van der Waals surface area (Å²) in [6.07, 6.45) is 25.5. The molecule has 18 nitrogen and oxygen atoms in total. The molecule has 390 valence electrons. The van der Waals surface area contributed by atoms with Crippen LogP contribution in [0.25, 0.3) is 0 Å². The maximum Gasteiger partial charge on any atom is 0.317 e. The van der Waals surface area contributed by atoms with Gasteiger partial charge >= 0.3 is 35.8 Å². The molecule has 1 atom stereocenters. The van der Waals surface area contributed by atoms with E-state index in [0.29, 0.717) is 13.0 Å². The Morgan fingerprint density at radius 3 is 1.16 bits per heavy atom. The van der Waals surface area contributed by atoms with Gasteiger partial charge in [-0.25, -0.2) is 0 Å². The lowest BCUT2D eigenvalue weighted by Crippen LogP contribution is -2.47. The Morgan fingerprint density at radius 2 is 0.761 bits per heavy atom. The van der Waals surface area contributed by atoms with Gasteiger partial charge in [0.05, 0.1) is 32.7 Å². The monoisotopic (exact) mass is 958 g/mol. The summed E-state index contributed by atoms with van der Waals surface area (Å²) in [4.78, 5) is 92.0. The van der Waals surface area contributed by atoms with Crippen LogP contribution < -0.4 is 0 Å². The molecular formula is C49H91N5O13. The molecule has 0 heterocycles. The first-order valence-electron chi connectivity index (χ1n) is 25.4. The van der Waals surface area contributed by atoms with Crippen LogP contribution in [0.1, 0.15) is 168 Å². The third-order valence-corrected chi connectivity index (χ3v) is 11.7. The first-order chi connectivity index (χ1) is 32.1. The zero-order chi connectivity index (χ0) is 50.1. The smallest absolute Gasteiger partial charge is 0.317 e. The van der Waals surface area contributed by atoms with E-state index in [1.165, 1.54) is 105 Å². The number of nitrogens with zero attached hydrogens (tertiary/aromatic N) is 5. The number of hydrogen-bond acceptors (Lipinski definition) is 13. The van der Waals surface area contributed by atoms with Gasteiger partial charge in [-0.2, -0.15) is 0 Å². The van der Waals surface area contributed by atoms with E-state index in [0.717, 1.165) is 56.3 Å². The minimum absolute atomic E-state index is 0.0105. The second kappa shape index (κ2) is 42.2. The van der Waals surface area contributed by atoms with Crippen molar-refractivity contribution in [2.45, 2.75) is 174 Å². The number of carbonyl (C=O) groups is 7. The number of carbonyl (C=O) groups excluding carboxylic acids is 3. The van der Waals surface area contributed by atoms with Crippen LogP contribution in [0, 0.1) is 0 Å². The van der Waals surface area contributed by atoms with Gasteiger partial charge in [0.15, 0.2) is 0 Å². The van der Waals surface area contributed by atoms with Crippen LogP contribution in [0.5, 0.6) is 0 Å². The molecule has 0 aromatic heterocycles. The maximum atomic E-state index is 13.3. The lowest BCUT2D eigenvalue weighted by atomic mass is 10.1. The second-order valence-corrected chi connectivity index (χ2v) is 18.2. The third-order valence-electron chi connectivity index (χ3n) is 11.7. The molecular weight excluding hydrogens is 867 g/mol. The van der Waals surface area contributed by atoms with Gasteiger partial charge in [-0.3, -0.25) is 48.3 Å². The quantitative estimate of drug-likeness (QED) is 0.0377. The lowest BCUT2D eigenvalue weighted by molar-refractivity contribution is -0.160. The first-order valence-corrected chi connectivity index (χ1v) is 25.4. The van der Waals surface area contributed by atoms with Gasteiger partial charge in [-0.05, 0) is 19.9 Å². The van der Waals surface area contributed by atoms with Crippen molar-refractivity contribution in [3.63, 3.8) is 0 Å². The van der Waals surface area contributed by atoms with Crippen LogP contribution in [0.2, 0.25) is 0 Å². The number of aliphatic carboxylic acids is 4. The summed E-state index contributed by atoms with van der Waals surface area (Å²) in [6, 6.07) is 0. The number of likely N-dealkylation sites (N-methyl/N-ethyl adjacent to an activating group) is 2. The standard InChI is InChI=1S/C49H91N5O13/c1-5-7-9-11-13-15-17-19-21-23-25-27-48(64)66-41-42(67-49(65)28-26-24-22-20-18-16-14-12-10-8-6-2)35-50(3)29-30-51(4)43(55)36-53(38-45(58)59)33-31-52(37-44(56)57)32-34-54(39-46(60)61)40-47(62)63/h42H,5-41H2,1-4H3,(H,56,57)(H,58,59)(H,60,61)(H,62,63). The molecule has 0 aliphatic carbocycles. The van der Waals surface area contributed by atoms with Crippen molar-refractivity contribution in [1.82, 2.24) is 24.5 Å². The van der Waals surface area contributed by atoms with Crippen molar-refractivity contribution in [3.05, 3.63) is 0 Å². The Bertz CT molecular complexity index is 1340. The Morgan fingerprint density at radius 1 is 0.418 bits per heavy atom. The van der Waals surface area contributed by atoms with E-state index in [1.54, 1.807) is 14.1 Å². The summed E-state index contributed by atoms with van der Waals surface area (Å²) < 4.78 is 11.5. The first kappa shape index (κ1) is 63.1. The van der Waals surface area contributed by atoms with Gasteiger partial charge in [0.25, 0.3) is 0 Å². The molecule has 0 fully saturated rings. The number of carboxylic acid groups (broad SMARTS) is 4. The zero-order valence-electron chi connectivity index (χ0n) is 41.9. The van der Waals surface area contributed by atoms with Gasteiger partial charge in [0.1, 0.15) is 12.7 Å². The summed E-state index contributed by atoms with van der Waals surface area (Å²) in [7, 11) is 3.38. The number of carboxylic acids is 4. The van der Waals surface area contributed by atoms with E-state index in [2.05, 4.69) is 13.8 Å². The normalized spacial score (nSPS) is 11.9. The number of unbranched alkanes of at least 4 members (excludes halogenated alkanes) is 20. The predicted molar refractivity (Wildman–Crippen MR) is 258 cm³/mol. The second-order valence-electron chi connectivity index (χ2n) is 18.2. The fraction of sp³-hybridized carbons (Fsp3) is 0.857. The van der Waals surface area contributed by atoms with Crippen LogP contribution in [0.4, 0.5) is 0 Å². The minimum atomic E-state index is -1.24. The predicted octanol–water partition coefficient (Wildman–Crippen LogP) is 6.48. The average molecular weight is 958 g/mol. The summed E-state index contributed by atoms with van der Waals surface area (Å²) in [5, 5.41) is 37.3. The van der Waals surface area contributed by atoms with Gasteiger partial charge in [-0.15, -0.1) is 0 Å². The van der Waals surface area contributed by atoms with E-state index < -0.39 is 56.2 Å². The highest BCUT2D eigenvalue weighted by Crippen LogP contribution is 2.14. The SMILES string of the molecule is CCCCCCCCCCCCCC(=O)OCC(CN(C)CCN(C)C(=O)CN(CCN(CCN(CC(=O)O)CC(=O)O)CC(=O)O)CC(=O)O)OC(=O)CCCCCCCCCCCCC. The molecule has 0 radical (unpaired) electrons. The van der Waals surface area contributed by atoms with Crippen LogP contribution in [-0.2, 0) is 43.0 Å². The zero-order valence-corrected chi connectivity index (χ0v) is 41.9. The fourth-order valence-electron chi connectivity index (χ4n) is 7.72. The van der Waals surface area contributed by atoms with Crippen molar-refractivity contribution < 1.29 is 63.5 Å². The average Bonchev–Trinajstić information content (AvgIpc) is 3.25. The molecule has 4 N–H and O–H groups in total. The number of hydrogen-bond donors (Lipinski definition) is 4. The van der Waals surface area contributed by atoms with Crippen LogP contribution in [0.15, 0.2) is 0 Å². The molecule has 0 saturated heterocycles. The van der Waals surface area contributed by atoms with Crippen molar-refractivity contribution in [1.29, 1.82) is 0 Å². The summed E-state index contributed by atoms with van der Waals surface area (Å²) >= 11 is 0. The van der Waals surface area contributed by atoms with E-state index in [4.69, 9.17) is 19.7 Å². The molecule has 0 bridgehead atoms. The maximum absolute atomic E-state index is 13.3. The van der Waals surface area contributed by atoms with Gasteiger partial charge in [0.2, 0.25) is 5.91 Å². The number of rotatable bonds is 48. The van der Waals surface area contributed by atoms with Crippen molar-refractivity contribution in [3.8, 4) is 0 Å².